The van der Waals surface area contributed by atoms with E-state index in [4.69, 9.17) is 0 Å². The number of hydrogen-bond acceptors (Lipinski definition) is 2. The molecule has 0 amide bonds. The molecule has 0 unspecified atom stereocenters. The summed E-state index contributed by atoms with van der Waals surface area (Å²) in [5, 5.41) is 3.10. The molecule has 1 N–H and O–H groups in total. The highest BCUT2D eigenvalue weighted by atomic mass is 19.4. The molecular weight excluding hydrogens is 361 g/mol. The zero-order chi connectivity index (χ0) is 19.8. The Hall–Kier alpha value is -1.85. The number of alkyl halides is 3. The highest BCUT2D eigenvalue weighted by Crippen LogP contribution is 2.27. The molecule has 5 heteroatoms. The topological polar surface area (TPSA) is 15.3 Å². The summed E-state index contributed by atoms with van der Waals surface area (Å²) in [5.74, 6) is 0. The van der Waals surface area contributed by atoms with Crippen LogP contribution in [0.2, 0.25) is 0 Å². The van der Waals surface area contributed by atoms with Gasteiger partial charge in [0, 0.05) is 31.7 Å². The third kappa shape index (κ3) is 6.95. The van der Waals surface area contributed by atoms with E-state index in [0.29, 0.717) is 6.04 Å². The van der Waals surface area contributed by atoms with E-state index in [-0.39, 0.29) is 12.6 Å². The van der Waals surface area contributed by atoms with E-state index in [9.17, 15) is 13.2 Å². The van der Waals surface area contributed by atoms with Crippen molar-refractivity contribution in [1.82, 2.24) is 10.2 Å². The molecule has 1 aliphatic carbocycles. The summed E-state index contributed by atoms with van der Waals surface area (Å²) < 4.78 is 37.0. The van der Waals surface area contributed by atoms with Gasteiger partial charge in [-0.05, 0) is 36.8 Å². The second kappa shape index (κ2) is 10.1. The fourth-order valence-corrected chi connectivity index (χ4v) is 4.01. The van der Waals surface area contributed by atoms with Crippen LogP contribution in [-0.2, 0) is 13.1 Å². The van der Waals surface area contributed by atoms with Crippen molar-refractivity contribution in [1.29, 1.82) is 0 Å². The van der Waals surface area contributed by atoms with Gasteiger partial charge in [0.1, 0.15) is 0 Å². The van der Waals surface area contributed by atoms with Crippen LogP contribution in [-0.4, -0.2) is 29.7 Å². The Balaban J connectivity index is 1.56. The predicted octanol–water partition coefficient (Wildman–Crippen LogP) is 5.54. The van der Waals surface area contributed by atoms with Crippen molar-refractivity contribution in [2.75, 3.05) is 6.54 Å². The SMILES string of the molecule is FC(F)(F)CCNC1CCC(N(Cc2ccccc2)Cc2ccccc2)CC1. The minimum absolute atomic E-state index is 0.0244. The van der Waals surface area contributed by atoms with Gasteiger partial charge in [-0.2, -0.15) is 13.2 Å². The minimum Gasteiger partial charge on any atom is -0.314 e. The number of benzene rings is 2. The highest BCUT2D eigenvalue weighted by Gasteiger charge is 2.29. The molecule has 2 aromatic carbocycles. The molecule has 2 aromatic rings. The number of nitrogens with one attached hydrogen (secondary N) is 1. The normalized spacial score (nSPS) is 20.4. The first-order valence-corrected chi connectivity index (χ1v) is 10.1. The lowest BCUT2D eigenvalue weighted by Gasteiger charge is -2.37. The van der Waals surface area contributed by atoms with Crippen LogP contribution in [0.4, 0.5) is 13.2 Å². The first-order chi connectivity index (χ1) is 13.5. The van der Waals surface area contributed by atoms with E-state index in [1.54, 1.807) is 0 Å². The molecule has 2 nitrogen and oxygen atoms in total. The summed E-state index contributed by atoms with van der Waals surface area (Å²) in [6, 6.07) is 21.6. The van der Waals surface area contributed by atoms with Crippen LogP contribution in [0.3, 0.4) is 0 Å². The van der Waals surface area contributed by atoms with Crippen LogP contribution in [0.15, 0.2) is 60.7 Å². The average molecular weight is 390 g/mol. The Morgan fingerprint density at radius 2 is 1.29 bits per heavy atom. The Kier molecular flexibility index (Phi) is 7.51. The molecule has 0 aromatic heterocycles. The fraction of sp³-hybridized carbons (Fsp3) is 0.478. The van der Waals surface area contributed by atoms with Gasteiger partial charge in [-0.1, -0.05) is 60.7 Å². The molecule has 1 fully saturated rings. The van der Waals surface area contributed by atoms with Crippen LogP contribution in [0.25, 0.3) is 0 Å². The van der Waals surface area contributed by atoms with E-state index in [0.717, 1.165) is 38.8 Å². The molecule has 0 saturated heterocycles. The largest absolute Gasteiger partial charge is 0.390 e. The molecule has 0 atom stereocenters. The Morgan fingerprint density at radius 3 is 1.75 bits per heavy atom. The smallest absolute Gasteiger partial charge is 0.314 e. The van der Waals surface area contributed by atoms with Crippen LogP contribution < -0.4 is 5.32 Å². The van der Waals surface area contributed by atoms with E-state index < -0.39 is 12.6 Å². The van der Waals surface area contributed by atoms with Gasteiger partial charge in [0.15, 0.2) is 0 Å². The molecule has 1 aliphatic rings. The van der Waals surface area contributed by atoms with Crippen molar-refractivity contribution in [3.63, 3.8) is 0 Å². The Bertz CT molecular complexity index is 638. The van der Waals surface area contributed by atoms with Crippen LogP contribution in [0.1, 0.15) is 43.2 Å². The van der Waals surface area contributed by atoms with E-state index >= 15 is 0 Å². The average Bonchev–Trinajstić information content (AvgIpc) is 2.69. The molecule has 0 heterocycles. The van der Waals surface area contributed by atoms with Crippen molar-refractivity contribution in [3.05, 3.63) is 71.8 Å². The number of hydrogen-bond donors (Lipinski definition) is 1. The quantitative estimate of drug-likeness (QED) is 0.636. The van der Waals surface area contributed by atoms with Crippen LogP contribution in [0.5, 0.6) is 0 Å². The monoisotopic (exact) mass is 390 g/mol. The summed E-state index contributed by atoms with van der Waals surface area (Å²) in [4.78, 5) is 2.52. The lowest BCUT2D eigenvalue weighted by molar-refractivity contribution is -0.133. The van der Waals surface area contributed by atoms with Gasteiger partial charge in [0.05, 0.1) is 6.42 Å². The van der Waals surface area contributed by atoms with Crippen LogP contribution in [0, 0.1) is 0 Å². The first-order valence-electron chi connectivity index (χ1n) is 10.1. The van der Waals surface area contributed by atoms with Gasteiger partial charge in [-0.3, -0.25) is 4.90 Å². The second-order valence-corrected chi connectivity index (χ2v) is 7.70. The maximum Gasteiger partial charge on any atom is 0.390 e. The van der Waals surface area contributed by atoms with Gasteiger partial charge in [-0.25, -0.2) is 0 Å². The minimum atomic E-state index is -4.08. The maximum atomic E-state index is 12.3. The Morgan fingerprint density at radius 1 is 0.786 bits per heavy atom. The molecule has 28 heavy (non-hydrogen) atoms. The summed E-state index contributed by atoms with van der Waals surface area (Å²) in [6.07, 6.45) is -0.925. The van der Waals surface area contributed by atoms with E-state index in [2.05, 4.69) is 58.7 Å². The maximum absolute atomic E-state index is 12.3. The molecular formula is C23H29F3N2. The summed E-state index contributed by atoms with van der Waals surface area (Å²) in [6.45, 7) is 1.82. The lowest BCUT2D eigenvalue weighted by atomic mass is 9.89. The first kappa shape index (κ1) is 20.9. The van der Waals surface area contributed by atoms with Gasteiger partial charge in [0.25, 0.3) is 0 Å². The fourth-order valence-electron chi connectivity index (χ4n) is 4.01. The van der Waals surface area contributed by atoms with Crippen LogP contribution >= 0.6 is 0 Å². The molecule has 0 aliphatic heterocycles. The van der Waals surface area contributed by atoms with E-state index in [1.807, 2.05) is 12.1 Å². The number of rotatable bonds is 8. The van der Waals surface area contributed by atoms with E-state index in [1.165, 1.54) is 11.1 Å². The van der Waals surface area contributed by atoms with Crippen molar-refractivity contribution in [2.45, 2.75) is 63.5 Å². The van der Waals surface area contributed by atoms with Gasteiger partial charge in [-0.15, -0.1) is 0 Å². The van der Waals surface area contributed by atoms with Crippen molar-refractivity contribution in [2.24, 2.45) is 0 Å². The Labute approximate surface area is 165 Å². The van der Waals surface area contributed by atoms with Gasteiger partial charge >= 0.3 is 6.18 Å². The third-order valence-electron chi connectivity index (χ3n) is 5.51. The van der Waals surface area contributed by atoms with Gasteiger partial charge < -0.3 is 5.32 Å². The third-order valence-corrected chi connectivity index (χ3v) is 5.51. The second-order valence-electron chi connectivity index (χ2n) is 7.70. The summed E-state index contributed by atoms with van der Waals surface area (Å²) in [5.41, 5.74) is 2.59. The zero-order valence-corrected chi connectivity index (χ0v) is 16.2. The number of nitrogens with zero attached hydrogens (tertiary/aromatic N) is 1. The molecule has 0 spiro atoms. The molecule has 3 rings (SSSR count). The highest BCUT2D eigenvalue weighted by molar-refractivity contribution is 5.17. The molecule has 152 valence electrons. The standard InChI is InChI=1S/C23H29F3N2/c24-23(25,26)15-16-27-21-11-13-22(14-12-21)28(17-19-7-3-1-4-8-19)18-20-9-5-2-6-10-20/h1-10,21-22,27H,11-18H2. The summed E-state index contributed by atoms with van der Waals surface area (Å²) >= 11 is 0. The molecule has 1 saturated carbocycles. The summed E-state index contributed by atoms with van der Waals surface area (Å²) in [7, 11) is 0. The molecule has 0 radical (unpaired) electrons. The molecule has 0 bridgehead atoms. The van der Waals surface area contributed by atoms with Crippen molar-refractivity contribution >= 4 is 0 Å². The van der Waals surface area contributed by atoms with Crippen molar-refractivity contribution in [3.8, 4) is 0 Å². The number of halogens is 3. The zero-order valence-electron chi connectivity index (χ0n) is 16.2. The predicted molar refractivity (Wildman–Crippen MR) is 107 cm³/mol. The van der Waals surface area contributed by atoms with Crippen molar-refractivity contribution < 1.29 is 13.2 Å². The van der Waals surface area contributed by atoms with Gasteiger partial charge in [0.2, 0.25) is 0 Å². The lowest BCUT2D eigenvalue weighted by Crippen LogP contribution is -2.42.